The zero-order valence-electron chi connectivity index (χ0n) is 11.3. The van der Waals surface area contributed by atoms with Gasteiger partial charge in [-0.15, -0.1) is 0 Å². The van der Waals surface area contributed by atoms with Crippen LogP contribution in [0.4, 0.5) is 5.69 Å². The summed E-state index contributed by atoms with van der Waals surface area (Å²) >= 11 is 0. The number of Topliss-reactive ketones (excluding diaryl/α,β-unsaturated/α-hetero) is 1. The van der Waals surface area contributed by atoms with Gasteiger partial charge in [0, 0.05) is 26.1 Å². The lowest BCUT2D eigenvalue weighted by molar-refractivity contribution is -0.119. The Labute approximate surface area is 107 Å². The molecule has 1 aromatic heterocycles. The van der Waals surface area contributed by atoms with Crippen molar-refractivity contribution in [1.82, 2.24) is 9.78 Å². The lowest BCUT2D eigenvalue weighted by Crippen LogP contribution is -2.28. The van der Waals surface area contributed by atoms with Crippen molar-refractivity contribution in [2.75, 3.05) is 18.5 Å². The third kappa shape index (κ3) is 3.98. The molecule has 1 rings (SSSR count). The van der Waals surface area contributed by atoms with E-state index in [-0.39, 0.29) is 17.9 Å². The molecule has 0 N–H and O–H groups in total. The van der Waals surface area contributed by atoms with E-state index in [0.717, 1.165) is 25.1 Å². The van der Waals surface area contributed by atoms with Gasteiger partial charge < -0.3 is 4.90 Å². The standard InChI is InChI=1S/C13H21N3O2/c1-4-6-12(17)10-16-13(18)8-11(9-14-16)15(3)7-5-2/h8-9H,4-7,10H2,1-3H3. The molecule has 1 heterocycles. The maximum Gasteiger partial charge on any atom is 0.269 e. The highest BCUT2D eigenvalue weighted by Gasteiger charge is 2.07. The van der Waals surface area contributed by atoms with E-state index in [4.69, 9.17) is 0 Å². The number of aromatic nitrogens is 2. The molecule has 0 spiro atoms. The van der Waals surface area contributed by atoms with Crippen molar-refractivity contribution in [2.24, 2.45) is 0 Å². The molecule has 0 fully saturated rings. The minimum absolute atomic E-state index is 0.0433. The summed E-state index contributed by atoms with van der Waals surface area (Å²) in [5.41, 5.74) is 0.570. The van der Waals surface area contributed by atoms with Crippen LogP contribution in [0.1, 0.15) is 33.1 Å². The van der Waals surface area contributed by atoms with Crippen LogP contribution in [0.2, 0.25) is 0 Å². The molecule has 0 radical (unpaired) electrons. The monoisotopic (exact) mass is 251 g/mol. The number of carbonyl (C=O) groups is 1. The molecule has 0 aliphatic carbocycles. The van der Waals surface area contributed by atoms with Crippen molar-refractivity contribution in [3.8, 4) is 0 Å². The average Bonchev–Trinajstić information content (AvgIpc) is 2.32. The van der Waals surface area contributed by atoms with Gasteiger partial charge in [-0.05, 0) is 12.8 Å². The Morgan fingerprint density at radius 2 is 2.11 bits per heavy atom. The second-order valence-corrected chi connectivity index (χ2v) is 4.42. The van der Waals surface area contributed by atoms with Crippen LogP contribution in [0.25, 0.3) is 0 Å². The number of hydrogen-bond acceptors (Lipinski definition) is 4. The van der Waals surface area contributed by atoms with Gasteiger partial charge in [-0.1, -0.05) is 13.8 Å². The van der Waals surface area contributed by atoms with E-state index < -0.39 is 0 Å². The van der Waals surface area contributed by atoms with Gasteiger partial charge in [0.15, 0.2) is 5.78 Å². The highest BCUT2D eigenvalue weighted by Crippen LogP contribution is 2.07. The summed E-state index contributed by atoms with van der Waals surface area (Å²) in [6.45, 7) is 4.97. The van der Waals surface area contributed by atoms with E-state index in [1.54, 1.807) is 6.20 Å². The molecular weight excluding hydrogens is 230 g/mol. The first-order chi connectivity index (χ1) is 8.58. The van der Waals surface area contributed by atoms with Gasteiger partial charge in [0.25, 0.3) is 5.56 Å². The predicted molar refractivity (Wildman–Crippen MR) is 72.0 cm³/mol. The molecule has 1 aromatic rings. The predicted octanol–water partition coefficient (Wildman–Crippen LogP) is 1.46. The molecule has 0 aliphatic rings. The summed E-state index contributed by atoms with van der Waals surface area (Å²) in [7, 11) is 1.92. The molecule has 5 nitrogen and oxygen atoms in total. The maximum absolute atomic E-state index is 11.8. The van der Waals surface area contributed by atoms with Crippen LogP contribution < -0.4 is 10.5 Å². The number of carbonyl (C=O) groups excluding carboxylic acids is 1. The van der Waals surface area contributed by atoms with Crippen molar-refractivity contribution < 1.29 is 4.79 Å². The van der Waals surface area contributed by atoms with E-state index in [9.17, 15) is 9.59 Å². The fraction of sp³-hybridized carbons (Fsp3) is 0.615. The molecular formula is C13H21N3O2. The fourth-order valence-corrected chi connectivity index (χ4v) is 1.74. The zero-order chi connectivity index (χ0) is 13.5. The maximum atomic E-state index is 11.8. The Hall–Kier alpha value is -1.65. The first-order valence-corrected chi connectivity index (χ1v) is 6.38. The van der Waals surface area contributed by atoms with Crippen molar-refractivity contribution in [1.29, 1.82) is 0 Å². The highest BCUT2D eigenvalue weighted by molar-refractivity contribution is 5.77. The summed E-state index contributed by atoms with van der Waals surface area (Å²) in [6.07, 6.45) is 3.93. The van der Waals surface area contributed by atoms with E-state index in [2.05, 4.69) is 12.0 Å². The first-order valence-electron chi connectivity index (χ1n) is 6.38. The normalized spacial score (nSPS) is 10.4. The minimum Gasteiger partial charge on any atom is -0.373 e. The van der Waals surface area contributed by atoms with Gasteiger partial charge in [-0.3, -0.25) is 9.59 Å². The van der Waals surface area contributed by atoms with E-state index in [1.165, 1.54) is 10.7 Å². The van der Waals surface area contributed by atoms with Crippen molar-refractivity contribution in [3.63, 3.8) is 0 Å². The Morgan fingerprint density at radius 3 is 2.67 bits per heavy atom. The Kier molecular flexibility index (Phi) is 5.55. The second kappa shape index (κ2) is 6.93. The largest absolute Gasteiger partial charge is 0.373 e. The number of rotatable bonds is 7. The van der Waals surface area contributed by atoms with E-state index in [0.29, 0.717) is 6.42 Å². The number of hydrogen-bond donors (Lipinski definition) is 0. The molecule has 5 heteroatoms. The molecule has 0 saturated heterocycles. The van der Waals surface area contributed by atoms with Crippen molar-refractivity contribution >= 4 is 11.5 Å². The fourth-order valence-electron chi connectivity index (χ4n) is 1.74. The molecule has 0 bridgehead atoms. The number of nitrogens with zero attached hydrogens (tertiary/aromatic N) is 3. The molecule has 0 aromatic carbocycles. The smallest absolute Gasteiger partial charge is 0.269 e. The zero-order valence-corrected chi connectivity index (χ0v) is 11.3. The van der Waals surface area contributed by atoms with Crippen LogP contribution in [0.5, 0.6) is 0 Å². The van der Waals surface area contributed by atoms with Crippen molar-refractivity contribution in [2.45, 2.75) is 39.7 Å². The highest BCUT2D eigenvalue weighted by atomic mass is 16.1. The molecule has 0 unspecified atom stereocenters. The quantitative estimate of drug-likeness (QED) is 0.736. The third-order valence-electron chi connectivity index (χ3n) is 2.71. The van der Waals surface area contributed by atoms with Crippen LogP contribution in [-0.2, 0) is 11.3 Å². The summed E-state index contributed by atoms with van der Waals surface area (Å²) < 4.78 is 1.22. The van der Waals surface area contributed by atoms with Gasteiger partial charge >= 0.3 is 0 Å². The minimum atomic E-state index is -0.222. The van der Waals surface area contributed by atoms with Crippen LogP contribution >= 0.6 is 0 Å². The third-order valence-corrected chi connectivity index (χ3v) is 2.71. The van der Waals surface area contributed by atoms with Crippen LogP contribution in [0, 0.1) is 0 Å². The van der Waals surface area contributed by atoms with Crippen LogP contribution in [0.15, 0.2) is 17.1 Å². The molecule has 18 heavy (non-hydrogen) atoms. The number of anilines is 1. The van der Waals surface area contributed by atoms with E-state index in [1.807, 2.05) is 18.9 Å². The van der Waals surface area contributed by atoms with Gasteiger partial charge in [0.1, 0.15) is 6.54 Å². The molecule has 0 amide bonds. The number of ketones is 1. The molecule has 0 atom stereocenters. The van der Waals surface area contributed by atoms with Crippen LogP contribution in [-0.4, -0.2) is 29.2 Å². The Bertz CT molecular complexity index is 454. The van der Waals surface area contributed by atoms with Gasteiger partial charge in [0.05, 0.1) is 11.9 Å². The van der Waals surface area contributed by atoms with Gasteiger partial charge in [-0.25, -0.2) is 4.68 Å². The first kappa shape index (κ1) is 14.4. The van der Waals surface area contributed by atoms with Gasteiger partial charge in [-0.2, -0.15) is 5.10 Å². The summed E-state index contributed by atoms with van der Waals surface area (Å²) in [4.78, 5) is 25.3. The summed E-state index contributed by atoms with van der Waals surface area (Å²) in [5.74, 6) is 0.0433. The van der Waals surface area contributed by atoms with Crippen LogP contribution in [0.3, 0.4) is 0 Å². The Balaban J connectivity index is 2.80. The Morgan fingerprint density at radius 1 is 1.39 bits per heavy atom. The molecule has 0 saturated carbocycles. The topological polar surface area (TPSA) is 55.2 Å². The summed E-state index contributed by atoms with van der Waals surface area (Å²) in [5, 5.41) is 4.05. The van der Waals surface area contributed by atoms with Crippen molar-refractivity contribution in [3.05, 3.63) is 22.6 Å². The average molecular weight is 251 g/mol. The summed E-state index contributed by atoms with van der Waals surface area (Å²) in [6, 6.07) is 1.53. The second-order valence-electron chi connectivity index (χ2n) is 4.42. The molecule has 0 aliphatic heterocycles. The SMILES string of the molecule is CCCC(=O)Cn1ncc(N(C)CCC)cc1=O. The molecule has 100 valence electrons. The lowest BCUT2D eigenvalue weighted by Gasteiger charge is -2.17. The van der Waals surface area contributed by atoms with Gasteiger partial charge in [0.2, 0.25) is 0 Å². The lowest BCUT2D eigenvalue weighted by atomic mass is 10.2. The van der Waals surface area contributed by atoms with E-state index >= 15 is 0 Å².